The summed E-state index contributed by atoms with van der Waals surface area (Å²) in [4.78, 5) is 4.22. The summed E-state index contributed by atoms with van der Waals surface area (Å²) in [7, 11) is 1.81. The molecule has 0 saturated carbocycles. The molecule has 1 aromatic rings. The third-order valence-electron chi connectivity index (χ3n) is 1.67. The Labute approximate surface area is 78.2 Å². The summed E-state index contributed by atoms with van der Waals surface area (Å²) >= 11 is 0. The lowest BCUT2D eigenvalue weighted by atomic mass is 10.2. The molecule has 0 aromatic carbocycles. The molecule has 0 atom stereocenters. The van der Waals surface area contributed by atoms with E-state index in [1.54, 1.807) is 0 Å². The molecule has 0 aliphatic carbocycles. The smallest absolute Gasteiger partial charge is 0.192 e. The van der Waals surface area contributed by atoms with Gasteiger partial charge in [-0.1, -0.05) is 12.7 Å². The minimum Gasteiger partial charge on any atom is -0.441 e. The van der Waals surface area contributed by atoms with Gasteiger partial charge in [0, 0.05) is 14.0 Å². The van der Waals surface area contributed by atoms with E-state index in [1.807, 2.05) is 33.0 Å². The van der Waals surface area contributed by atoms with Gasteiger partial charge in [0.2, 0.25) is 0 Å². The summed E-state index contributed by atoms with van der Waals surface area (Å²) in [6.45, 7) is 7.59. The van der Waals surface area contributed by atoms with Crippen LogP contribution in [0, 0.1) is 6.92 Å². The fraction of sp³-hybridized carbons (Fsp3) is 0.300. The topological polar surface area (TPSA) is 38.1 Å². The molecule has 1 heterocycles. The Bertz CT molecular complexity index is 337. The second kappa shape index (κ2) is 3.94. The van der Waals surface area contributed by atoms with Crippen molar-refractivity contribution in [1.82, 2.24) is 10.3 Å². The lowest BCUT2D eigenvalue weighted by Gasteiger charge is -1.99. The summed E-state index contributed by atoms with van der Waals surface area (Å²) in [6.07, 6.45) is 3.78. The first kappa shape index (κ1) is 9.58. The number of rotatable bonds is 3. The molecular formula is C10H14N2O. The van der Waals surface area contributed by atoms with E-state index < -0.39 is 0 Å². The second-order valence-corrected chi connectivity index (χ2v) is 2.67. The van der Waals surface area contributed by atoms with Crippen molar-refractivity contribution in [1.29, 1.82) is 0 Å². The minimum absolute atomic E-state index is 0.652. The van der Waals surface area contributed by atoms with Crippen molar-refractivity contribution in [3.63, 3.8) is 0 Å². The summed E-state index contributed by atoms with van der Waals surface area (Å²) in [5, 5.41) is 2.94. The summed E-state index contributed by atoms with van der Waals surface area (Å²) in [6, 6.07) is 0. The third-order valence-corrected chi connectivity index (χ3v) is 1.67. The molecule has 1 N–H and O–H groups in total. The van der Waals surface area contributed by atoms with Crippen molar-refractivity contribution in [2.45, 2.75) is 13.8 Å². The van der Waals surface area contributed by atoms with Gasteiger partial charge in [0.05, 0.1) is 5.70 Å². The van der Waals surface area contributed by atoms with Gasteiger partial charge in [0.1, 0.15) is 5.69 Å². The van der Waals surface area contributed by atoms with Crippen molar-refractivity contribution in [3.05, 3.63) is 30.0 Å². The zero-order chi connectivity index (χ0) is 9.84. The molecule has 0 amide bonds. The molecular weight excluding hydrogens is 164 g/mol. The van der Waals surface area contributed by atoms with Gasteiger partial charge in [-0.05, 0) is 13.0 Å². The minimum atomic E-state index is 0.652. The monoisotopic (exact) mass is 178 g/mol. The summed E-state index contributed by atoms with van der Waals surface area (Å²) in [5.41, 5.74) is 1.54. The maximum atomic E-state index is 5.38. The lowest BCUT2D eigenvalue weighted by molar-refractivity contribution is 0.512. The number of nitrogens with zero attached hydrogens (tertiary/aromatic N) is 1. The summed E-state index contributed by atoms with van der Waals surface area (Å²) < 4.78 is 5.38. The van der Waals surface area contributed by atoms with Crippen molar-refractivity contribution in [2.75, 3.05) is 7.05 Å². The molecule has 0 fully saturated rings. The predicted octanol–water partition coefficient (Wildman–Crippen LogP) is 2.21. The molecule has 3 nitrogen and oxygen atoms in total. The number of hydrogen-bond acceptors (Lipinski definition) is 3. The van der Waals surface area contributed by atoms with Gasteiger partial charge in [-0.2, -0.15) is 0 Å². The second-order valence-electron chi connectivity index (χ2n) is 2.67. The Morgan fingerprint density at radius 2 is 2.31 bits per heavy atom. The van der Waals surface area contributed by atoms with E-state index in [9.17, 15) is 0 Å². The molecule has 0 saturated heterocycles. The van der Waals surface area contributed by atoms with E-state index in [0.29, 0.717) is 5.89 Å². The highest BCUT2D eigenvalue weighted by Gasteiger charge is 2.09. The highest BCUT2D eigenvalue weighted by molar-refractivity contribution is 5.66. The molecule has 1 rings (SSSR count). The molecule has 0 aliphatic rings. The van der Waals surface area contributed by atoms with E-state index in [1.165, 1.54) is 0 Å². The zero-order valence-corrected chi connectivity index (χ0v) is 8.22. The lowest BCUT2D eigenvalue weighted by Crippen LogP contribution is -2.04. The van der Waals surface area contributed by atoms with Gasteiger partial charge < -0.3 is 9.73 Å². The Kier molecular flexibility index (Phi) is 2.90. The van der Waals surface area contributed by atoms with E-state index in [4.69, 9.17) is 4.42 Å². The third kappa shape index (κ3) is 1.99. The average Bonchev–Trinajstić information content (AvgIpc) is 2.46. The number of nitrogens with one attached hydrogen (secondary N) is 1. The largest absolute Gasteiger partial charge is 0.441 e. The fourth-order valence-electron chi connectivity index (χ4n) is 1.04. The Morgan fingerprint density at radius 1 is 1.62 bits per heavy atom. The van der Waals surface area contributed by atoms with Crippen molar-refractivity contribution in [3.8, 4) is 0 Å². The van der Waals surface area contributed by atoms with Crippen LogP contribution in [0.25, 0.3) is 11.8 Å². The number of allylic oxidation sites excluding steroid dienone is 1. The molecule has 13 heavy (non-hydrogen) atoms. The molecule has 0 radical (unpaired) electrons. The molecule has 0 aliphatic heterocycles. The van der Waals surface area contributed by atoms with Crippen LogP contribution in [0.15, 0.2) is 17.1 Å². The first-order valence-corrected chi connectivity index (χ1v) is 4.16. The number of hydrogen-bond donors (Lipinski definition) is 1. The molecule has 70 valence electrons. The van der Waals surface area contributed by atoms with E-state index in [0.717, 1.165) is 17.2 Å². The Balaban J connectivity index is 3.11. The molecule has 0 unspecified atom stereocenters. The molecule has 0 bridgehead atoms. The zero-order valence-electron chi connectivity index (χ0n) is 8.22. The van der Waals surface area contributed by atoms with Crippen LogP contribution >= 0.6 is 0 Å². The fourth-order valence-corrected chi connectivity index (χ4v) is 1.04. The molecule has 0 spiro atoms. The highest BCUT2D eigenvalue weighted by Crippen LogP contribution is 2.17. The standard InChI is InChI=1S/C10H14N2O/c1-5-6-9-10(7(2)11-4)12-8(3)13-9/h5-6,11H,2H2,1,3-4H3/b6-5-. The Hall–Kier alpha value is -1.51. The average molecular weight is 178 g/mol. The van der Waals surface area contributed by atoms with Crippen LogP contribution in [-0.2, 0) is 0 Å². The quantitative estimate of drug-likeness (QED) is 0.771. The maximum absolute atomic E-state index is 5.38. The van der Waals surface area contributed by atoms with Crippen LogP contribution in [0.4, 0.5) is 0 Å². The van der Waals surface area contributed by atoms with Crippen molar-refractivity contribution >= 4 is 11.8 Å². The van der Waals surface area contributed by atoms with Crippen LogP contribution in [0.3, 0.4) is 0 Å². The van der Waals surface area contributed by atoms with Crippen LogP contribution in [0.1, 0.15) is 24.3 Å². The van der Waals surface area contributed by atoms with E-state index in [2.05, 4.69) is 16.9 Å². The first-order valence-electron chi connectivity index (χ1n) is 4.16. The van der Waals surface area contributed by atoms with Crippen LogP contribution in [-0.4, -0.2) is 12.0 Å². The number of aromatic nitrogens is 1. The first-order chi connectivity index (χ1) is 6.19. The highest BCUT2D eigenvalue weighted by atomic mass is 16.4. The number of oxazole rings is 1. The van der Waals surface area contributed by atoms with Crippen LogP contribution in [0.2, 0.25) is 0 Å². The number of aryl methyl sites for hydroxylation is 1. The van der Waals surface area contributed by atoms with Gasteiger partial charge >= 0.3 is 0 Å². The van der Waals surface area contributed by atoms with E-state index >= 15 is 0 Å². The maximum Gasteiger partial charge on any atom is 0.192 e. The normalized spacial score (nSPS) is 10.7. The SMILES string of the molecule is C=C(NC)c1nc(C)oc1/C=C\C. The van der Waals surface area contributed by atoms with Crippen LogP contribution < -0.4 is 5.32 Å². The molecule has 3 heteroatoms. The van der Waals surface area contributed by atoms with Gasteiger partial charge in [-0.15, -0.1) is 0 Å². The van der Waals surface area contributed by atoms with Gasteiger partial charge in [0.15, 0.2) is 11.7 Å². The van der Waals surface area contributed by atoms with Crippen molar-refractivity contribution < 1.29 is 4.42 Å². The van der Waals surface area contributed by atoms with Gasteiger partial charge in [0.25, 0.3) is 0 Å². The van der Waals surface area contributed by atoms with Crippen LogP contribution in [0.5, 0.6) is 0 Å². The van der Waals surface area contributed by atoms with Gasteiger partial charge in [-0.3, -0.25) is 0 Å². The van der Waals surface area contributed by atoms with Crippen molar-refractivity contribution in [2.24, 2.45) is 0 Å². The van der Waals surface area contributed by atoms with E-state index in [-0.39, 0.29) is 0 Å². The predicted molar refractivity (Wildman–Crippen MR) is 54.0 cm³/mol. The summed E-state index contributed by atoms with van der Waals surface area (Å²) in [5.74, 6) is 1.40. The molecule has 1 aromatic heterocycles. The Morgan fingerprint density at radius 3 is 2.85 bits per heavy atom. The van der Waals surface area contributed by atoms with Gasteiger partial charge in [-0.25, -0.2) is 4.98 Å².